The van der Waals surface area contributed by atoms with Gasteiger partial charge in [0.05, 0.1) is 4.92 Å². The molecule has 0 aliphatic heterocycles. The summed E-state index contributed by atoms with van der Waals surface area (Å²) in [5, 5.41) is 9.80. The largest absolute Gasteiger partial charge is 0.422 e. The molecule has 1 aromatic heterocycles. The quantitative estimate of drug-likeness (QED) is 0.352. The molecule has 0 fully saturated rings. The fraction of sp³-hybridized carbons (Fsp3) is 0. The second kappa shape index (κ2) is 4.02. The summed E-state index contributed by atoms with van der Waals surface area (Å²) in [7, 11) is -4.77. The fourth-order valence-electron chi connectivity index (χ4n) is 1.42. The van der Waals surface area contributed by atoms with E-state index in [2.05, 4.69) is 4.42 Å². The molecule has 0 radical (unpaired) electrons. The normalized spacial score (nSPS) is 11.7. The molecular weight excluding hydrogens is 265 g/mol. The average Bonchev–Trinajstić information content (AvgIpc) is 2.25. The molecule has 0 aliphatic rings. The number of nitro benzene ring substituents is 1. The van der Waals surface area contributed by atoms with Crippen molar-refractivity contribution in [1.29, 1.82) is 0 Å². The van der Waals surface area contributed by atoms with Crippen LogP contribution in [-0.4, -0.2) is 14.7 Å². The van der Waals surface area contributed by atoms with E-state index in [1.165, 1.54) is 6.07 Å². The number of fused-ring (bicyclic) bond motifs is 1. The second-order valence-corrected chi connectivity index (χ2v) is 5.01. The number of hydrogen-bond donors (Lipinski definition) is 2. The third-order valence-electron chi connectivity index (χ3n) is 2.22. The van der Waals surface area contributed by atoms with Crippen LogP contribution in [0.15, 0.2) is 33.5 Å². The summed E-state index contributed by atoms with van der Waals surface area (Å²) in [6.45, 7) is 0. The van der Waals surface area contributed by atoms with Gasteiger partial charge in [-0.1, -0.05) is 0 Å². The molecule has 0 atom stereocenters. The number of rotatable bonds is 2. The van der Waals surface area contributed by atoms with Crippen LogP contribution in [0.5, 0.6) is 0 Å². The Balaban J connectivity index is 2.79. The lowest BCUT2D eigenvalue weighted by atomic mass is 10.2. The average molecular weight is 271 g/mol. The smallest absolute Gasteiger partial charge is 0.363 e. The number of non-ortho nitro benzene ring substituents is 1. The molecule has 2 aromatic rings. The zero-order chi connectivity index (χ0) is 13.5. The maximum atomic E-state index is 11.3. The molecule has 0 aliphatic carbocycles. The highest BCUT2D eigenvalue weighted by Crippen LogP contribution is 2.32. The van der Waals surface area contributed by atoms with Crippen LogP contribution in [0.2, 0.25) is 0 Å². The van der Waals surface area contributed by atoms with Gasteiger partial charge in [-0.15, -0.1) is 0 Å². The van der Waals surface area contributed by atoms with Crippen molar-refractivity contribution < 1.29 is 23.7 Å². The number of nitrogens with zero attached hydrogens (tertiary/aromatic N) is 1. The van der Waals surface area contributed by atoms with E-state index in [4.69, 9.17) is 9.79 Å². The lowest BCUT2D eigenvalue weighted by molar-refractivity contribution is -0.384. The first-order valence-corrected chi connectivity index (χ1v) is 6.19. The Kier molecular flexibility index (Phi) is 2.78. The highest BCUT2D eigenvalue weighted by Gasteiger charge is 2.24. The van der Waals surface area contributed by atoms with E-state index in [9.17, 15) is 19.5 Å². The maximum absolute atomic E-state index is 11.3. The van der Waals surface area contributed by atoms with Crippen molar-refractivity contribution >= 4 is 29.6 Å². The Morgan fingerprint density at radius 1 is 1.28 bits per heavy atom. The first-order valence-electron chi connectivity index (χ1n) is 4.57. The van der Waals surface area contributed by atoms with Crippen LogP contribution in [0, 0.1) is 10.1 Å². The second-order valence-electron chi connectivity index (χ2n) is 3.44. The maximum Gasteiger partial charge on any atom is 0.363 e. The van der Waals surface area contributed by atoms with Gasteiger partial charge >= 0.3 is 13.2 Å². The van der Waals surface area contributed by atoms with Crippen molar-refractivity contribution in [1.82, 2.24) is 0 Å². The molecule has 94 valence electrons. The molecule has 1 aromatic carbocycles. The van der Waals surface area contributed by atoms with Gasteiger partial charge in [-0.2, -0.15) is 0 Å². The first kappa shape index (κ1) is 12.4. The minimum Gasteiger partial charge on any atom is -0.422 e. The Hall–Kier alpha value is -2.02. The summed E-state index contributed by atoms with van der Waals surface area (Å²) < 4.78 is 15.7. The molecule has 1 heterocycles. The van der Waals surface area contributed by atoms with Crippen LogP contribution in [0.3, 0.4) is 0 Å². The SMILES string of the molecule is O=c1oc2ccc([N+](=O)[O-])cc2cc1P(=O)(O)O. The minimum atomic E-state index is -4.77. The van der Waals surface area contributed by atoms with Crippen molar-refractivity contribution in [2.24, 2.45) is 0 Å². The van der Waals surface area contributed by atoms with E-state index in [0.29, 0.717) is 0 Å². The molecule has 0 saturated carbocycles. The van der Waals surface area contributed by atoms with Crippen LogP contribution < -0.4 is 10.9 Å². The summed E-state index contributed by atoms with van der Waals surface area (Å²) in [6, 6.07) is 4.28. The molecular formula is C9H6NO7P. The van der Waals surface area contributed by atoms with Gasteiger partial charge < -0.3 is 14.2 Å². The van der Waals surface area contributed by atoms with Crippen molar-refractivity contribution in [3.05, 3.63) is 44.8 Å². The van der Waals surface area contributed by atoms with Crippen molar-refractivity contribution in [3.63, 3.8) is 0 Å². The third kappa shape index (κ3) is 2.17. The van der Waals surface area contributed by atoms with E-state index >= 15 is 0 Å². The Bertz CT molecular complexity index is 744. The van der Waals surface area contributed by atoms with E-state index in [1.807, 2.05) is 0 Å². The summed E-state index contributed by atoms with van der Waals surface area (Å²) >= 11 is 0. The molecule has 2 rings (SSSR count). The molecule has 0 bridgehead atoms. The highest BCUT2D eigenvalue weighted by molar-refractivity contribution is 7.60. The van der Waals surface area contributed by atoms with E-state index in [-0.39, 0.29) is 16.7 Å². The standard InChI is InChI=1S/C9H6NO7P/c11-9-8(18(14,15)16)4-5-3-6(10(12)13)1-2-7(5)17-9/h1-4H,(H2,14,15,16). The van der Waals surface area contributed by atoms with E-state index in [0.717, 1.165) is 18.2 Å². The van der Waals surface area contributed by atoms with Gasteiger partial charge in [0, 0.05) is 17.5 Å². The fourth-order valence-corrected chi connectivity index (χ4v) is 2.01. The summed E-state index contributed by atoms with van der Waals surface area (Å²) in [5.41, 5.74) is -1.42. The minimum absolute atomic E-state index is 0.0165. The van der Waals surface area contributed by atoms with Crippen molar-refractivity contribution in [2.45, 2.75) is 0 Å². The topological polar surface area (TPSA) is 131 Å². The molecule has 0 spiro atoms. The van der Waals surface area contributed by atoms with Gasteiger partial charge in [-0.05, 0) is 12.1 Å². The zero-order valence-corrected chi connectivity index (χ0v) is 9.53. The van der Waals surface area contributed by atoms with Gasteiger partial charge in [0.2, 0.25) is 0 Å². The third-order valence-corrected chi connectivity index (χ3v) is 3.16. The Morgan fingerprint density at radius 3 is 2.50 bits per heavy atom. The first-order chi connectivity index (χ1) is 8.29. The number of nitro groups is 1. The summed E-state index contributed by atoms with van der Waals surface area (Å²) in [4.78, 5) is 39.0. The molecule has 0 amide bonds. The number of hydrogen-bond acceptors (Lipinski definition) is 5. The Morgan fingerprint density at radius 2 is 1.94 bits per heavy atom. The van der Waals surface area contributed by atoms with Crippen LogP contribution in [0.25, 0.3) is 11.0 Å². The van der Waals surface area contributed by atoms with Crippen molar-refractivity contribution in [2.75, 3.05) is 0 Å². The molecule has 8 nitrogen and oxygen atoms in total. The molecule has 0 saturated heterocycles. The van der Waals surface area contributed by atoms with Gasteiger partial charge in [0.15, 0.2) is 0 Å². The predicted molar refractivity (Wildman–Crippen MR) is 60.8 cm³/mol. The van der Waals surface area contributed by atoms with Crippen molar-refractivity contribution in [3.8, 4) is 0 Å². The van der Waals surface area contributed by atoms with Gasteiger partial charge in [-0.3, -0.25) is 14.7 Å². The zero-order valence-electron chi connectivity index (χ0n) is 8.64. The van der Waals surface area contributed by atoms with E-state index < -0.39 is 23.4 Å². The van der Waals surface area contributed by atoms with Gasteiger partial charge in [0.1, 0.15) is 10.9 Å². The van der Waals surface area contributed by atoms with Crippen LogP contribution in [0.4, 0.5) is 5.69 Å². The monoisotopic (exact) mass is 271 g/mol. The molecule has 9 heteroatoms. The highest BCUT2D eigenvalue weighted by atomic mass is 31.2. The van der Waals surface area contributed by atoms with Crippen LogP contribution in [-0.2, 0) is 4.57 Å². The molecule has 2 N–H and O–H groups in total. The van der Waals surface area contributed by atoms with Gasteiger partial charge in [0.25, 0.3) is 5.69 Å². The lowest BCUT2D eigenvalue weighted by Gasteiger charge is -2.03. The van der Waals surface area contributed by atoms with Crippen LogP contribution >= 0.6 is 7.60 Å². The number of benzene rings is 1. The Labute approximate surface area is 98.8 Å². The summed E-state index contributed by atoms with van der Waals surface area (Å²) in [6.07, 6.45) is 0. The van der Waals surface area contributed by atoms with E-state index in [1.54, 1.807) is 0 Å². The predicted octanol–water partition coefficient (Wildman–Crippen LogP) is 0.504. The van der Waals surface area contributed by atoms with Crippen LogP contribution in [0.1, 0.15) is 0 Å². The lowest BCUT2D eigenvalue weighted by Crippen LogP contribution is -2.23. The summed E-state index contributed by atoms with van der Waals surface area (Å²) in [5.74, 6) is 0. The van der Waals surface area contributed by atoms with Gasteiger partial charge in [-0.25, -0.2) is 4.79 Å². The molecule has 18 heavy (non-hydrogen) atoms. The molecule has 0 unspecified atom stereocenters.